The summed E-state index contributed by atoms with van der Waals surface area (Å²) in [5.74, 6) is -1.89. The van der Waals surface area contributed by atoms with Gasteiger partial charge >= 0.3 is 0 Å². The van der Waals surface area contributed by atoms with Crippen molar-refractivity contribution in [1.82, 2.24) is 5.32 Å². The Labute approximate surface area is 135 Å². The molecule has 0 heterocycles. The number of nitrogens with one attached hydrogen (secondary N) is 1. The van der Waals surface area contributed by atoms with Crippen LogP contribution in [-0.2, 0) is 4.79 Å². The van der Waals surface area contributed by atoms with Crippen LogP contribution < -0.4 is 14.8 Å². The molecule has 128 valence electrons. The Morgan fingerprint density at radius 3 is 2.52 bits per heavy atom. The SMILES string of the molecule is COc1ccccc1OC[C@@H](C)NC(=O)C1CCC(F)(F)CC1. The van der Waals surface area contributed by atoms with E-state index >= 15 is 0 Å². The maximum atomic E-state index is 13.1. The van der Waals surface area contributed by atoms with E-state index in [2.05, 4.69) is 5.32 Å². The normalized spacial score (nSPS) is 19.0. The third-order valence-electron chi connectivity index (χ3n) is 4.03. The van der Waals surface area contributed by atoms with Crippen molar-refractivity contribution in [3.63, 3.8) is 0 Å². The fourth-order valence-corrected chi connectivity index (χ4v) is 2.66. The summed E-state index contributed by atoms with van der Waals surface area (Å²) in [6, 6.07) is 7.05. The molecule has 0 bridgehead atoms. The van der Waals surface area contributed by atoms with Crippen molar-refractivity contribution >= 4 is 5.91 Å². The molecule has 0 saturated heterocycles. The molecule has 1 aromatic rings. The van der Waals surface area contributed by atoms with E-state index in [0.717, 1.165) is 0 Å². The van der Waals surface area contributed by atoms with Crippen LogP contribution in [0.5, 0.6) is 11.5 Å². The van der Waals surface area contributed by atoms with Crippen molar-refractivity contribution in [3.8, 4) is 11.5 Å². The number of ether oxygens (including phenoxy) is 2. The summed E-state index contributed by atoms with van der Waals surface area (Å²) in [6.07, 6.45) is 0.0478. The fraction of sp³-hybridized carbons (Fsp3) is 0.588. The van der Waals surface area contributed by atoms with Gasteiger partial charge in [-0.25, -0.2) is 8.78 Å². The molecule has 1 saturated carbocycles. The lowest BCUT2D eigenvalue weighted by Crippen LogP contribution is -2.42. The highest BCUT2D eigenvalue weighted by Gasteiger charge is 2.37. The molecule has 0 unspecified atom stereocenters. The van der Waals surface area contributed by atoms with Crippen LogP contribution >= 0.6 is 0 Å². The van der Waals surface area contributed by atoms with Crippen LogP contribution in [0.1, 0.15) is 32.6 Å². The molecule has 1 N–H and O–H groups in total. The minimum absolute atomic E-state index is 0.170. The highest BCUT2D eigenvalue weighted by atomic mass is 19.3. The van der Waals surface area contributed by atoms with Gasteiger partial charge in [-0.1, -0.05) is 12.1 Å². The van der Waals surface area contributed by atoms with Crippen LogP contribution in [0.15, 0.2) is 24.3 Å². The largest absolute Gasteiger partial charge is 0.493 e. The van der Waals surface area contributed by atoms with Crippen molar-refractivity contribution < 1.29 is 23.0 Å². The van der Waals surface area contributed by atoms with Gasteiger partial charge in [0.1, 0.15) is 6.61 Å². The summed E-state index contributed by atoms with van der Waals surface area (Å²) < 4.78 is 37.1. The Balaban J connectivity index is 1.78. The molecular formula is C17H23F2NO3. The van der Waals surface area contributed by atoms with E-state index in [1.54, 1.807) is 19.2 Å². The van der Waals surface area contributed by atoms with E-state index in [9.17, 15) is 13.6 Å². The number of halogens is 2. The second-order valence-corrected chi connectivity index (χ2v) is 6.00. The molecule has 1 aromatic carbocycles. The molecule has 0 aliphatic heterocycles. The molecule has 23 heavy (non-hydrogen) atoms. The van der Waals surface area contributed by atoms with Gasteiger partial charge in [0.15, 0.2) is 11.5 Å². The van der Waals surface area contributed by atoms with Gasteiger partial charge in [-0.15, -0.1) is 0 Å². The smallest absolute Gasteiger partial charge is 0.248 e. The van der Waals surface area contributed by atoms with E-state index in [1.165, 1.54) is 0 Å². The molecule has 1 aliphatic carbocycles. The van der Waals surface area contributed by atoms with Crippen LogP contribution in [0.2, 0.25) is 0 Å². The van der Waals surface area contributed by atoms with Crippen molar-refractivity contribution in [2.75, 3.05) is 13.7 Å². The van der Waals surface area contributed by atoms with Crippen LogP contribution in [0.3, 0.4) is 0 Å². The molecule has 1 aliphatic rings. The van der Waals surface area contributed by atoms with E-state index in [4.69, 9.17) is 9.47 Å². The standard InChI is InChI=1S/C17H23F2NO3/c1-12(11-23-15-6-4-3-5-14(15)22-2)20-16(21)13-7-9-17(18,19)10-8-13/h3-6,12-13H,7-11H2,1-2H3,(H,20,21)/t12-/m1/s1. The van der Waals surface area contributed by atoms with Gasteiger partial charge < -0.3 is 14.8 Å². The van der Waals surface area contributed by atoms with E-state index in [0.29, 0.717) is 11.5 Å². The first-order valence-electron chi connectivity index (χ1n) is 7.85. The zero-order chi connectivity index (χ0) is 16.9. The molecule has 0 spiro atoms. The van der Waals surface area contributed by atoms with E-state index in [-0.39, 0.29) is 50.2 Å². The van der Waals surface area contributed by atoms with Crippen LogP contribution in [0.4, 0.5) is 8.78 Å². The monoisotopic (exact) mass is 327 g/mol. The number of carbonyl (C=O) groups is 1. The predicted molar refractivity (Wildman–Crippen MR) is 83.0 cm³/mol. The van der Waals surface area contributed by atoms with Gasteiger partial charge in [-0.2, -0.15) is 0 Å². The average molecular weight is 327 g/mol. The Kier molecular flexibility index (Phi) is 5.80. The van der Waals surface area contributed by atoms with Gasteiger partial charge in [0.25, 0.3) is 0 Å². The minimum Gasteiger partial charge on any atom is -0.493 e. The number of benzene rings is 1. The zero-order valence-corrected chi connectivity index (χ0v) is 13.5. The number of alkyl halides is 2. The number of rotatable bonds is 6. The Hall–Kier alpha value is -1.85. The first-order chi connectivity index (χ1) is 10.9. The van der Waals surface area contributed by atoms with Gasteiger partial charge in [-0.3, -0.25) is 4.79 Å². The van der Waals surface area contributed by atoms with Crippen LogP contribution in [0, 0.1) is 5.92 Å². The quantitative estimate of drug-likeness (QED) is 0.871. The Morgan fingerprint density at radius 1 is 1.30 bits per heavy atom. The van der Waals surface area contributed by atoms with Crippen molar-refractivity contribution in [2.45, 2.75) is 44.6 Å². The zero-order valence-electron chi connectivity index (χ0n) is 13.5. The van der Waals surface area contributed by atoms with Gasteiger partial charge in [0, 0.05) is 18.8 Å². The third kappa shape index (κ3) is 5.08. The van der Waals surface area contributed by atoms with E-state index < -0.39 is 5.92 Å². The predicted octanol–water partition coefficient (Wildman–Crippen LogP) is 3.40. The van der Waals surface area contributed by atoms with Crippen molar-refractivity contribution in [3.05, 3.63) is 24.3 Å². The maximum Gasteiger partial charge on any atom is 0.248 e. The second-order valence-electron chi connectivity index (χ2n) is 6.00. The minimum atomic E-state index is -2.62. The highest BCUT2D eigenvalue weighted by Crippen LogP contribution is 2.36. The number of hydrogen-bond donors (Lipinski definition) is 1. The van der Waals surface area contributed by atoms with Gasteiger partial charge in [0.2, 0.25) is 11.8 Å². The van der Waals surface area contributed by atoms with Crippen molar-refractivity contribution in [1.29, 1.82) is 0 Å². The van der Waals surface area contributed by atoms with Gasteiger partial charge in [0.05, 0.1) is 13.2 Å². The summed E-state index contributed by atoms with van der Waals surface area (Å²) >= 11 is 0. The fourth-order valence-electron chi connectivity index (χ4n) is 2.66. The van der Waals surface area contributed by atoms with Gasteiger partial charge in [-0.05, 0) is 31.9 Å². The number of carbonyl (C=O) groups excluding carboxylic acids is 1. The molecule has 0 aromatic heterocycles. The number of para-hydroxylation sites is 2. The lowest BCUT2D eigenvalue weighted by Gasteiger charge is -2.28. The number of methoxy groups -OCH3 is 1. The lowest BCUT2D eigenvalue weighted by molar-refractivity contribution is -0.129. The molecule has 1 fully saturated rings. The van der Waals surface area contributed by atoms with Crippen LogP contribution in [0.25, 0.3) is 0 Å². The molecule has 0 radical (unpaired) electrons. The first kappa shape index (κ1) is 17.5. The topological polar surface area (TPSA) is 47.6 Å². The summed E-state index contributed by atoms with van der Waals surface area (Å²) in [6.45, 7) is 2.11. The summed E-state index contributed by atoms with van der Waals surface area (Å²) in [7, 11) is 1.56. The molecule has 2 rings (SSSR count). The van der Waals surface area contributed by atoms with Crippen molar-refractivity contribution in [2.24, 2.45) is 5.92 Å². The van der Waals surface area contributed by atoms with E-state index in [1.807, 2.05) is 19.1 Å². The summed E-state index contributed by atoms with van der Waals surface area (Å²) in [5.41, 5.74) is 0. The molecule has 6 heteroatoms. The Morgan fingerprint density at radius 2 is 1.91 bits per heavy atom. The summed E-state index contributed by atoms with van der Waals surface area (Å²) in [5, 5.41) is 2.84. The molecule has 1 amide bonds. The molecule has 4 nitrogen and oxygen atoms in total. The highest BCUT2D eigenvalue weighted by molar-refractivity contribution is 5.79. The first-order valence-corrected chi connectivity index (χ1v) is 7.85. The Bertz CT molecular complexity index is 526. The lowest BCUT2D eigenvalue weighted by atomic mass is 9.86. The number of amides is 1. The van der Waals surface area contributed by atoms with Crippen LogP contribution in [-0.4, -0.2) is 31.6 Å². The summed E-state index contributed by atoms with van der Waals surface area (Å²) in [4.78, 5) is 12.1. The number of hydrogen-bond acceptors (Lipinski definition) is 3. The second kappa shape index (κ2) is 7.62. The molecular weight excluding hydrogens is 304 g/mol. The third-order valence-corrected chi connectivity index (χ3v) is 4.03. The maximum absolute atomic E-state index is 13.1. The molecule has 1 atom stereocenters. The average Bonchev–Trinajstić information content (AvgIpc) is 2.53.